The van der Waals surface area contributed by atoms with Gasteiger partial charge in [-0.2, -0.15) is 0 Å². The summed E-state index contributed by atoms with van der Waals surface area (Å²) in [4.78, 5) is 0. The van der Waals surface area contributed by atoms with E-state index < -0.39 is 0 Å². The van der Waals surface area contributed by atoms with Crippen LogP contribution < -0.4 is 0 Å². The van der Waals surface area contributed by atoms with Gasteiger partial charge in [-0.15, -0.1) is 0 Å². The summed E-state index contributed by atoms with van der Waals surface area (Å²) < 4.78 is 22.5. The summed E-state index contributed by atoms with van der Waals surface area (Å²) in [6.07, 6.45) is 4.52. The predicted octanol–water partition coefficient (Wildman–Crippen LogP) is 4.13. The van der Waals surface area contributed by atoms with Gasteiger partial charge in [0.05, 0.1) is 0 Å². The van der Waals surface area contributed by atoms with Crippen LogP contribution in [-0.4, -0.2) is 0 Å². The normalized spacial score (nSPS) is 13.4. The molecule has 124 valence electrons. The molecule has 0 unspecified atom stereocenters. The van der Waals surface area contributed by atoms with E-state index in [9.17, 15) is 0 Å². The third-order valence-corrected chi connectivity index (χ3v) is 3.20. The first-order chi connectivity index (χ1) is 11.8. The van der Waals surface area contributed by atoms with E-state index in [1.807, 2.05) is 0 Å². The van der Waals surface area contributed by atoms with E-state index in [4.69, 9.17) is 14.0 Å². The molecule has 1 fully saturated rings. The molecular weight excluding hydrogens is 355 g/mol. The summed E-state index contributed by atoms with van der Waals surface area (Å²) in [6, 6.07) is 21.1. The van der Waals surface area contributed by atoms with Crippen LogP contribution >= 0.6 is 0 Å². The molecule has 3 nitrogen and oxygen atoms in total. The first-order valence-electron chi connectivity index (χ1n) is 6.84. The zero-order valence-electron chi connectivity index (χ0n) is 13.5. The van der Waals surface area contributed by atoms with Gasteiger partial charge in [0.1, 0.15) is 0 Å². The van der Waals surface area contributed by atoms with E-state index in [0.717, 1.165) is 0 Å². The smallest absolute Gasteiger partial charge is 0 e. The second kappa shape index (κ2) is 15.7. The van der Waals surface area contributed by atoms with Crippen LogP contribution in [-0.2, 0) is 31.0 Å². The molecule has 3 rings (SSSR count). The van der Waals surface area contributed by atoms with Crippen LogP contribution in [0.3, 0.4) is 0 Å². The molecule has 1 aliphatic carbocycles. The van der Waals surface area contributed by atoms with Crippen molar-refractivity contribution in [2.45, 2.75) is 6.92 Å². The summed E-state index contributed by atoms with van der Waals surface area (Å²) in [5.41, 5.74) is 2.56. The topological polar surface area (TPSA) is 59.7 Å². The van der Waals surface area contributed by atoms with Gasteiger partial charge in [0.2, 0.25) is 0 Å². The first kappa shape index (κ1) is 25.4. The summed E-state index contributed by atoms with van der Waals surface area (Å²) >= 11 is 0. The fraction of sp³-hybridized carbons (Fsp3) is 0.0476. The molecule has 0 N–H and O–H groups in total. The molecule has 0 saturated heterocycles. The van der Waals surface area contributed by atoms with Crippen molar-refractivity contribution in [3.63, 3.8) is 0 Å². The third kappa shape index (κ3) is 7.73. The Morgan fingerprint density at radius 2 is 0.840 bits per heavy atom. The molecule has 0 spiro atoms. The zero-order valence-corrected chi connectivity index (χ0v) is 14.7. The van der Waals surface area contributed by atoms with Gasteiger partial charge in [-0.3, -0.25) is 0 Å². The van der Waals surface area contributed by atoms with Gasteiger partial charge in [-0.05, 0) is 29.9 Å². The average molecular weight is 370 g/mol. The molecule has 0 aliphatic heterocycles. The van der Waals surface area contributed by atoms with Gasteiger partial charge >= 0.3 is 33.9 Å². The molecule has 0 heterocycles. The van der Waals surface area contributed by atoms with Crippen molar-refractivity contribution in [1.29, 1.82) is 0 Å². The predicted molar refractivity (Wildman–Crippen MR) is 86.9 cm³/mol. The largest absolute Gasteiger partial charge is 0 e. The Kier molecular flexibility index (Phi) is 16.0. The van der Waals surface area contributed by atoms with Crippen LogP contribution in [0.1, 0.15) is 18.1 Å². The summed E-state index contributed by atoms with van der Waals surface area (Å²) in [6.45, 7) is 15.7. The second-order valence-corrected chi connectivity index (χ2v) is 4.59. The van der Waals surface area contributed by atoms with Crippen molar-refractivity contribution in [2.24, 2.45) is 0 Å². The van der Waals surface area contributed by atoms with Crippen molar-refractivity contribution in [3.05, 3.63) is 122 Å². The molecular formula is C21H15MnO3. The molecule has 0 amide bonds. The van der Waals surface area contributed by atoms with Crippen molar-refractivity contribution in [2.75, 3.05) is 0 Å². The van der Waals surface area contributed by atoms with E-state index in [1.165, 1.54) is 28.9 Å². The van der Waals surface area contributed by atoms with E-state index in [-0.39, 0.29) is 17.1 Å². The standard InChI is InChI=1S/C18H15.3CO.Mn/c1-14-12-17(15-8-4-2-5-9-15)18(13-14)16-10-6-3-7-11-16;3*1-2;/h2-13H,1H3;;;;. The molecule has 6 radical (unpaired) electrons. The second-order valence-electron chi connectivity index (χ2n) is 4.59. The molecule has 25 heavy (non-hydrogen) atoms. The number of hydrogen-bond donors (Lipinski definition) is 0. The Labute approximate surface area is 160 Å². The van der Waals surface area contributed by atoms with E-state index >= 15 is 0 Å². The van der Waals surface area contributed by atoms with Gasteiger partial charge in [-0.25, -0.2) is 0 Å². The van der Waals surface area contributed by atoms with Gasteiger partial charge in [0, 0.05) is 28.9 Å². The van der Waals surface area contributed by atoms with E-state index in [2.05, 4.69) is 100 Å². The van der Waals surface area contributed by atoms with Crippen molar-refractivity contribution in [1.82, 2.24) is 0 Å². The van der Waals surface area contributed by atoms with Crippen molar-refractivity contribution < 1.29 is 31.0 Å². The molecule has 1 saturated carbocycles. The summed E-state index contributed by atoms with van der Waals surface area (Å²) in [7, 11) is 0. The maximum Gasteiger partial charge on any atom is 0 e. The Bertz CT molecular complexity index is 558. The Hall–Kier alpha value is -1.82. The Morgan fingerprint density at radius 3 is 1.12 bits per heavy atom. The monoisotopic (exact) mass is 370 g/mol. The summed E-state index contributed by atoms with van der Waals surface area (Å²) in [5.74, 6) is 3.95. The van der Waals surface area contributed by atoms with Crippen molar-refractivity contribution >= 4 is 0 Å². The van der Waals surface area contributed by atoms with Crippen molar-refractivity contribution in [3.8, 4) is 0 Å². The zero-order chi connectivity index (χ0) is 18.4. The Morgan fingerprint density at radius 1 is 0.560 bits per heavy atom. The fourth-order valence-electron chi connectivity index (χ4n) is 2.37. The molecule has 0 bridgehead atoms. The molecule has 0 aromatic heterocycles. The Balaban J connectivity index is 0. The van der Waals surface area contributed by atoms with Crippen LogP contribution in [0.2, 0.25) is 0 Å². The molecule has 4 heteroatoms. The van der Waals surface area contributed by atoms with Crippen LogP contribution in [0, 0.1) is 50.5 Å². The number of hydrogen-bond acceptors (Lipinski definition) is 0. The van der Waals surface area contributed by atoms with Gasteiger partial charge in [0.15, 0.2) is 0 Å². The number of rotatable bonds is 2. The molecule has 2 aromatic carbocycles. The van der Waals surface area contributed by atoms with Crippen LogP contribution in [0.25, 0.3) is 0 Å². The molecule has 0 atom stereocenters. The van der Waals surface area contributed by atoms with Crippen LogP contribution in [0.15, 0.2) is 60.7 Å². The maximum absolute atomic E-state index is 7.50. The van der Waals surface area contributed by atoms with E-state index in [0.29, 0.717) is 0 Å². The van der Waals surface area contributed by atoms with Crippen LogP contribution in [0.4, 0.5) is 0 Å². The molecule has 1 aliphatic rings. The molecule has 2 aromatic rings. The minimum Gasteiger partial charge on any atom is 0 e. The van der Waals surface area contributed by atoms with Crippen LogP contribution in [0.5, 0.6) is 0 Å². The summed E-state index contributed by atoms with van der Waals surface area (Å²) in [5, 5.41) is 0. The first-order valence-corrected chi connectivity index (χ1v) is 6.84. The van der Waals surface area contributed by atoms with E-state index in [1.54, 1.807) is 0 Å². The minimum atomic E-state index is 0. The SMILES string of the molecule is C[C]1[CH][C](c2ccccc2)[C](c2ccccc2)[CH]1.[C-]#[O+].[C-]#[O+].[C-]#[O+].[Mn]. The maximum atomic E-state index is 7.50. The average Bonchev–Trinajstić information content (AvgIpc) is 3.10. The van der Waals surface area contributed by atoms with Gasteiger partial charge in [-0.1, -0.05) is 67.6 Å². The fourth-order valence-corrected chi connectivity index (χ4v) is 2.37. The van der Waals surface area contributed by atoms with Gasteiger partial charge in [0.25, 0.3) is 0 Å². The third-order valence-electron chi connectivity index (χ3n) is 3.20. The number of benzene rings is 2. The van der Waals surface area contributed by atoms with Gasteiger partial charge < -0.3 is 0 Å². The minimum absolute atomic E-state index is 0. The quantitative estimate of drug-likeness (QED) is 0.434.